The fraction of sp³-hybridized carbons (Fsp3) is 0.312. The predicted molar refractivity (Wildman–Crippen MR) is 93.6 cm³/mol. The van der Waals surface area contributed by atoms with Crippen molar-refractivity contribution in [1.29, 1.82) is 0 Å². The largest absolute Gasteiger partial charge is 0.352 e. The molecule has 0 aliphatic carbocycles. The van der Waals surface area contributed by atoms with Gasteiger partial charge in [-0.2, -0.15) is 0 Å². The third kappa shape index (κ3) is 5.37. The summed E-state index contributed by atoms with van der Waals surface area (Å²) < 4.78 is 0. The lowest BCUT2D eigenvalue weighted by atomic mass is 10.1. The molecule has 1 amide bonds. The molecule has 0 fully saturated rings. The molecular formula is C16H18Cl2N4O. The normalized spacial score (nSPS) is 10.7. The molecule has 0 saturated heterocycles. The van der Waals surface area contributed by atoms with Crippen molar-refractivity contribution in [3.63, 3.8) is 0 Å². The van der Waals surface area contributed by atoms with E-state index in [1.54, 1.807) is 18.2 Å². The molecule has 2 N–H and O–H groups in total. The minimum Gasteiger partial charge on any atom is -0.352 e. The van der Waals surface area contributed by atoms with Gasteiger partial charge in [-0.05, 0) is 30.5 Å². The van der Waals surface area contributed by atoms with E-state index in [0.717, 1.165) is 6.42 Å². The van der Waals surface area contributed by atoms with Gasteiger partial charge in [0.15, 0.2) is 0 Å². The molecule has 0 atom stereocenters. The first-order valence-electron chi connectivity index (χ1n) is 7.28. The molecular weight excluding hydrogens is 335 g/mol. The highest BCUT2D eigenvalue weighted by atomic mass is 35.5. The zero-order valence-corrected chi connectivity index (χ0v) is 14.4. The van der Waals surface area contributed by atoms with Crippen molar-refractivity contribution in [2.24, 2.45) is 5.92 Å². The molecule has 1 heterocycles. The van der Waals surface area contributed by atoms with Gasteiger partial charge >= 0.3 is 0 Å². The number of halogens is 2. The number of hydrogen-bond donors (Lipinski definition) is 2. The van der Waals surface area contributed by atoms with Crippen LogP contribution >= 0.6 is 23.2 Å². The lowest BCUT2D eigenvalue weighted by Crippen LogP contribution is -2.25. The summed E-state index contributed by atoms with van der Waals surface area (Å²) in [5, 5.41) is 6.87. The van der Waals surface area contributed by atoms with Gasteiger partial charge in [0, 0.05) is 24.0 Å². The summed E-state index contributed by atoms with van der Waals surface area (Å²) in [6, 6.07) is 5.06. The molecule has 0 unspecified atom stereocenters. The predicted octanol–water partition coefficient (Wildman–Crippen LogP) is 4.30. The van der Waals surface area contributed by atoms with Crippen LogP contribution in [-0.2, 0) is 0 Å². The molecule has 2 rings (SSSR count). The molecule has 122 valence electrons. The van der Waals surface area contributed by atoms with E-state index in [2.05, 4.69) is 34.4 Å². The second kappa shape index (κ2) is 8.13. The molecule has 2 aromatic rings. The van der Waals surface area contributed by atoms with Gasteiger partial charge in [-0.25, -0.2) is 9.97 Å². The number of nitrogens with one attached hydrogen (secondary N) is 2. The fourth-order valence-corrected chi connectivity index (χ4v) is 2.14. The van der Waals surface area contributed by atoms with Gasteiger partial charge in [0.2, 0.25) is 5.95 Å². The first kappa shape index (κ1) is 17.5. The van der Waals surface area contributed by atoms with Crippen molar-refractivity contribution in [3.05, 3.63) is 46.2 Å². The molecule has 0 saturated carbocycles. The van der Waals surface area contributed by atoms with Crippen molar-refractivity contribution in [3.8, 4) is 0 Å². The van der Waals surface area contributed by atoms with Crippen molar-refractivity contribution in [2.45, 2.75) is 20.3 Å². The van der Waals surface area contributed by atoms with Crippen LogP contribution in [0, 0.1) is 5.92 Å². The summed E-state index contributed by atoms with van der Waals surface area (Å²) in [6.07, 6.45) is 3.87. The Labute approximate surface area is 145 Å². The average molecular weight is 353 g/mol. The van der Waals surface area contributed by atoms with Crippen LogP contribution < -0.4 is 10.6 Å². The Hall–Kier alpha value is -1.85. The van der Waals surface area contributed by atoms with Crippen molar-refractivity contribution in [1.82, 2.24) is 15.3 Å². The number of nitrogens with zero attached hydrogens (tertiary/aromatic N) is 2. The maximum Gasteiger partial charge on any atom is 0.254 e. The molecule has 0 bridgehead atoms. The molecule has 5 nitrogen and oxygen atoms in total. The Morgan fingerprint density at radius 1 is 1.22 bits per heavy atom. The van der Waals surface area contributed by atoms with Crippen molar-refractivity contribution >= 4 is 40.7 Å². The molecule has 1 aromatic carbocycles. The molecule has 0 aliphatic rings. The van der Waals surface area contributed by atoms with E-state index in [0.29, 0.717) is 39.7 Å². The number of rotatable bonds is 6. The maximum atomic E-state index is 11.9. The summed E-state index contributed by atoms with van der Waals surface area (Å²) in [5.74, 6) is 0.700. The van der Waals surface area contributed by atoms with Gasteiger partial charge < -0.3 is 10.6 Å². The molecule has 23 heavy (non-hydrogen) atoms. The quantitative estimate of drug-likeness (QED) is 0.812. The second-order valence-corrected chi connectivity index (χ2v) is 6.33. The van der Waals surface area contributed by atoms with E-state index >= 15 is 0 Å². The van der Waals surface area contributed by atoms with E-state index in [4.69, 9.17) is 23.2 Å². The summed E-state index contributed by atoms with van der Waals surface area (Å²) in [6.45, 7) is 4.85. The van der Waals surface area contributed by atoms with Gasteiger partial charge in [0.05, 0.1) is 16.3 Å². The highest BCUT2D eigenvalue weighted by Gasteiger charge is 2.08. The molecule has 0 radical (unpaired) electrons. The van der Waals surface area contributed by atoms with Crippen LogP contribution in [0.2, 0.25) is 10.0 Å². The summed E-state index contributed by atoms with van der Waals surface area (Å²) in [5.41, 5.74) is 1.02. The first-order valence-corrected chi connectivity index (χ1v) is 8.03. The number of benzene rings is 1. The van der Waals surface area contributed by atoms with Crippen LogP contribution in [0.1, 0.15) is 30.6 Å². The maximum absolute atomic E-state index is 11.9. The van der Waals surface area contributed by atoms with Crippen LogP contribution in [0.3, 0.4) is 0 Å². The number of carbonyl (C=O) groups is 1. The van der Waals surface area contributed by atoms with E-state index in [-0.39, 0.29) is 5.91 Å². The summed E-state index contributed by atoms with van der Waals surface area (Å²) >= 11 is 12.0. The van der Waals surface area contributed by atoms with Crippen LogP contribution in [0.15, 0.2) is 30.6 Å². The van der Waals surface area contributed by atoms with E-state index in [9.17, 15) is 4.79 Å². The highest BCUT2D eigenvalue weighted by Crippen LogP contribution is 2.27. The number of aromatic nitrogens is 2. The van der Waals surface area contributed by atoms with Crippen molar-refractivity contribution in [2.75, 3.05) is 11.9 Å². The van der Waals surface area contributed by atoms with E-state index in [1.807, 2.05) is 0 Å². The Kier molecular flexibility index (Phi) is 6.19. The summed E-state index contributed by atoms with van der Waals surface area (Å²) in [7, 11) is 0. The van der Waals surface area contributed by atoms with E-state index < -0.39 is 0 Å². The molecule has 0 spiro atoms. The Morgan fingerprint density at radius 3 is 2.57 bits per heavy atom. The standard InChI is InChI=1S/C16H18Cl2N4O/c1-10(2)5-6-19-15(23)11-8-20-16(21-9-11)22-14-7-12(17)3-4-13(14)18/h3-4,7-10H,5-6H2,1-2H3,(H,19,23)(H,20,21,22). The van der Waals surface area contributed by atoms with Gasteiger partial charge in [-0.15, -0.1) is 0 Å². The number of carbonyl (C=O) groups excluding carboxylic acids is 1. The van der Waals surface area contributed by atoms with Gasteiger partial charge in [-0.3, -0.25) is 4.79 Å². The third-order valence-electron chi connectivity index (χ3n) is 3.10. The van der Waals surface area contributed by atoms with Gasteiger partial charge in [-0.1, -0.05) is 37.0 Å². The lowest BCUT2D eigenvalue weighted by molar-refractivity contribution is 0.0951. The SMILES string of the molecule is CC(C)CCNC(=O)c1cnc(Nc2cc(Cl)ccc2Cl)nc1. The monoisotopic (exact) mass is 352 g/mol. The average Bonchev–Trinajstić information content (AvgIpc) is 2.51. The van der Waals surface area contributed by atoms with Crippen LogP contribution in [0.5, 0.6) is 0 Å². The van der Waals surface area contributed by atoms with Gasteiger partial charge in [0.25, 0.3) is 5.91 Å². The van der Waals surface area contributed by atoms with Gasteiger partial charge in [0.1, 0.15) is 0 Å². The zero-order chi connectivity index (χ0) is 16.8. The van der Waals surface area contributed by atoms with Crippen LogP contribution in [-0.4, -0.2) is 22.4 Å². The third-order valence-corrected chi connectivity index (χ3v) is 3.66. The number of amides is 1. The lowest BCUT2D eigenvalue weighted by Gasteiger charge is -2.09. The minimum absolute atomic E-state index is 0.182. The Morgan fingerprint density at radius 2 is 1.91 bits per heavy atom. The molecule has 7 heteroatoms. The zero-order valence-electron chi connectivity index (χ0n) is 12.9. The smallest absolute Gasteiger partial charge is 0.254 e. The minimum atomic E-state index is -0.182. The molecule has 1 aromatic heterocycles. The topological polar surface area (TPSA) is 66.9 Å². The van der Waals surface area contributed by atoms with Crippen LogP contribution in [0.4, 0.5) is 11.6 Å². The highest BCUT2D eigenvalue weighted by molar-refractivity contribution is 6.35. The fourth-order valence-electron chi connectivity index (χ4n) is 1.80. The number of anilines is 2. The van der Waals surface area contributed by atoms with Crippen LogP contribution in [0.25, 0.3) is 0 Å². The van der Waals surface area contributed by atoms with Crippen molar-refractivity contribution < 1.29 is 4.79 Å². The second-order valence-electron chi connectivity index (χ2n) is 5.48. The summed E-state index contributed by atoms with van der Waals surface area (Å²) in [4.78, 5) is 20.2. The Bertz CT molecular complexity index is 674. The van der Waals surface area contributed by atoms with E-state index in [1.165, 1.54) is 12.4 Å². The Balaban J connectivity index is 1.99. The number of hydrogen-bond acceptors (Lipinski definition) is 4. The molecule has 0 aliphatic heterocycles. The first-order chi connectivity index (χ1) is 11.0.